The molecule has 2 aromatic heterocycles. The molecular weight excluding hydrogens is 456 g/mol. The lowest BCUT2D eigenvalue weighted by Crippen LogP contribution is -2.33. The van der Waals surface area contributed by atoms with Gasteiger partial charge in [0, 0.05) is 23.2 Å². The van der Waals surface area contributed by atoms with Gasteiger partial charge in [-0.05, 0) is 66.8 Å². The molecule has 31 heavy (non-hydrogen) atoms. The van der Waals surface area contributed by atoms with Crippen LogP contribution in [0.1, 0.15) is 17.5 Å². The number of hydrogen-bond donors (Lipinski definition) is 3. The molecule has 2 heterocycles. The van der Waals surface area contributed by atoms with Crippen LogP contribution in [-0.2, 0) is 4.79 Å². The van der Waals surface area contributed by atoms with Gasteiger partial charge < -0.3 is 15.1 Å². The lowest BCUT2D eigenvalue weighted by molar-refractivity contribution is -0.114. The third-order valence-electron chi connectivity index (χ3n) is 4.11. The molecule has 0 saturated carbocycles. The fourth-order valence-electron chi connectivity index (χ4n) is 2.78. The minimum absolute atomic E-state index is 0.0931. The molecule has 0 saturated heterocycles. The first-order valence-corrected chi connectivity index (χ1v) is 10.6. The summed E-state index contributed by atoms with van der Waals surface area (Å²) < 4.78 is 6.49. The number of nitrogens with one attached hydrogen (secondary N) is 3. The third-order valence-corrected chi connectivity index (χ3v) is 5.50. The van der Waals surface area contributed by atoms with E-state index in [1.807, 2.05) is 6.07 Å². The fraction of sp³-hybridized carbons (Fsp3) is 0.0476. The Morgan fingerprint density at radius 3 is 2.58 bits per heavy atom. The molecule has 0 aliphatic carbocycles. The Morgan fingerprint density at radius 2 is 1.84 bits per heavy atom. The van der Waals surface area contributed by atoms with E-state index in [4.69, 9.17) is 28.2 Å². The Kier molecular flexibility index (Phi) is 5.99. The highest BCUT2D eigenvalue weighted by Crippen LogP contribution is 2.28. The van der Waals surface area contributed by atoms with Crippen molar-refractivity contribution in [3.8, 4) is 11.3 Å². The second kappa shape index (κ2) is 8.84. The van der Waals surface area contributed by atoms with Crippen LogP contribution in [0.4, 0.5) is 10.8 Å². The number of nitrogens with zero attached hydrogens (tertiary/aromatic N) is 1. The monoisotopic (exact) mass is 470 g/mol. The third kappa shape index (κ3) is 5.08. The average Bonchev–Trinajstić information content (AvgIpc) is 3.34. The maximum atomic E-state index is 12.5. The topological polar surface area (TPSA) is 96.3 Å². The van der Waals surface area contributed by atoms with E-state index in [2.05, 4.69) is 20.9 Å². The second-order valence-electron chi connectivity index (χ2n) is 6.46. The molecule has 0 aliphatic rings. The number of aromatic nitrogens is 1. The Balaban J connectivity index is 1.41. The highest BCUT2D eigenvalue weighted by Gasteiger charge is 2.15. The van der Waals surface area contributed by atoms with Gasteiger partial charge in [0.25, 0.3) is 5.91 Å². The zero-order chi connectivity index (χ0) is 22.0. The molecule has 0 atom stereocenters. The van der Waals surface area contributed by atoms with Gasteiger partial charge in [0.05, 0.1) is 10.2 Å². The van der Waals surface area contributed by atoms with Crippen molar-refractivity contribution in [2.75, 3.05) is 10.6 Å². The first-order chi connectivity index (χ1) is 14.9. The summed E-state index contributed by atoms with van der Waals surface area (Å²) in [5.41, 5.74) is 2.23. The minimum atomic E-state index is -0.480. The standard InChI is InChI=1S/C21H15ClN4O3S2/c1-11(27)23-14-6-7-15-18(10-14)31-21(24-15)26-20(30)25-19(28)17-9-8-16(29-17)12-2-4-13(22)5-3-12/h2-10H,1H3,(H,23,27)(H2,24,25,26,28,30). The number of carbonyl (C=O) groups excluding carboxylic acids is 2. The van der Waals surface area contributed by atoms with Gasteiger partial charge in [-0.25, -0.2) is 4.98 Å². The maximum Gasteiger partial charge on any atom is 0.293 e. The first-order valence-electron chi connectivity index (χ1n) is 9.04. The molecule has 0 unspecified atom stereocenters. The summed E-state index contributed by atoms with van der Waals surface area (Å²) in [5.74, 6) is 0.0372. The van der Waals surface area contributed by atoms with E-state index in [1.165, 1.54) is 18.3 Å². The summed E-state index contributed by atoms with van der Waals surface area (Å²) in [6.45, 7) is 1.45. The number of furan rings is 1. The van der Waals surface area contributed by atoms with E-state index in [-0.39, 0.29) is 16.8 Å². The number of anilines is 2. The lowest BCUT2D eigenvalue weighted by Gasteiger charge is -2.05. The van der Waals surface area contributed by atoms with Gasteiger partial charge in [-0.3, -0.25) is 14.9 Å². The van der Waals surface area contributed by atoms with E-state index >= 15 is 0 Å². The summed E-state index contributed by atoms with van der Waals surface area (Å²) in [4.78, 5) is 28.1. The normalized spacial score (nSPS) is 10.6. The summed E-state index contributed by atoms with van der Waals surface area (Å²) in [7, 11) is 0. The van der Waals surface area contributed by atoms with Crippen LogP contribution in [-0.4, -0.2) is 21.9 Å². The van der Waals surface area contributed by atoms with Crippen molar-refractivity contribution < 1.29 is 14.0 Å². The highest BCUT2D eigenvalue weighted by atomic mass is 35.5. The average molecular weight is 471 g/mol. The van der Waals surface area contributed by atoms with Crippen molar-refractivity contribution in [2.45, 2.75) is 6.92 Å². The number of benzene rings is 2. The van der Waals surface area contributed by atoms with E-state index in [0.717, 1.165) is 15.8 Å². The lowest BCUT2D eigenvalue weighted by atomic mass is 10.2. The highest BCUT2D eigenvalue weighted by molar-refractivity contribution is 7.80. The fourth-order valence-corrected chi connectivity index (χ4v) is 4.07. The number of amides is 2. The molecule has 0 fully saturated rings. The molecule has 0 spiro atoms. The molecule has 0 radical (unpaired) electrons. The van der Waals surface area contributed by atoms with Crippen LogP contribution in [0.3, 0.4) is 0 Å². The van der Waals surface area contributed by atoms with Crippen LogP contribution in [0.25, 0.3) is 21.5 Å². The van der Waals surface area contributed by atoms with Crippen LogP contribution in [0.2, 0.25) is 5.02 Å². The molecule has 4 aromatic rings. The predicted molar refractivity (Wildman–Crippen MR) is 127 cm³/mol. The Hall–Kier alpha value is -3.27. The number of halogens is 1. The molecule has 2 aromatic carbocycles. The second-order valence-corrected chi connectivity index (χ2v) is 8.34. The van der Waals surface area contributed by atoms with Crippen LogP contribution in [0.5, 0.6) is 0 Å². The molecule has 0 bridgehead atoms. The minimum Gasteiger partial charge on any atom is -0.451 e. The Bertz CT molecular complexity index is 1300. The first kappa shape index (κ1) is 21.0. The molecule has 3 N–H and O–H groups in total. The summed E-state index contributed by atoms with van der Waals surface area (Å²) in [6, 6.07) is 15.8. The Labute approximate surface area is 191 Å². The van der Waals surface area contributed by atoms with Gasteiger partial charge in [0.1, 0.15) is 5.76 Å². The van der Waals surface area contributed by atoms with Gasteiger partial charge in [-0.2, -0.15) is 0 Å². The molecule has 4 rings (SSSR count). The number of fused-ring (bicyclic) bond motifs is 1. The SMILES string of the molecule is CC(=O)Nc1ccc2nc(NC(=S)NC(=O)c3ccc(-c4ccc(Cl)cc4)o3)sc2c1. The largest absolute Gasteiger partial charge is 0.451 e. The Morgan fingerprint density at radius 1 is 1.06 bits per heavy atom. The molecule has 156 valence electrons. The molecule has 2 amide bonds. The van der Waals surface area contributed by atoms with Crippen LogP contribution >= 0.6 is 35.2 Å². The van der Waals surface area contributed by atoms with Crippen LogP contribution < -0.4 is 16.0 Å². The van der Waals surface area contributed by atoms with Gasteiger partial charge >= 0.3 is 0 Å². The van der Waals surface area contributed by atoms with Crippen molar-refractivity contribution in [2.24, 2.45) is 0 Å². The van der Waals surface area contributed by atoms with Gasteiger partial charge in [0.15, 0.2) is 16.0 Å². The maximum absolute atomic E-state index is 12.5. The quantitative estimate of drug-likeness (QED) is 0.350. The van der Waals surface area contributed by atoms with Gasteiger partial charge in [-0.15, -0.1) is 0 Å². The molecule has 7 nitrogen and oxygen atoms in total. The summed E-state index contributed by atoms with van der Waals surface area (Å²) in [6.07, 6.45) is 0. The predicted octanol–water partition coefficient (Wildman–Crippen LogP) is 5.29. The summed E-state index contributed by atoms with van der Waals surface area (Å²) in [5, 5.41) is 9.43. The van der Waals surface area contributed by atoms with E-state index in [9.17, 15) is 9.59 Å². The van der Waals surface area contributed by atoms with E-state index in [0.29, 0.717) is 21.6 Å². The molecule has 0 aliphatic heterocycles. The number of carbonyl (C=O) groups is 2. The summed E-state index contributed by atoms with van der Waals surface area (Å²) >= 11 is 12.5. The van der Waals surface area contributed by atoms with Crippen molar-refractivity contribution in [3.63, 3.8) is 0 Å². The zero-order valence-corrected chi connectivity index (χ0v) is 18.5. The number of thiazole rings is 1. The molecular formula is C21H15ClN4O3S2. The van der Waals surface area contributed by atoms with Gasteiger partial charge in [-0.1, -0.05) is 22.9 Å². The molecule has 10 heteroatoms. The van der Waals surface area contributed by atoms with Crippen molar-refractivity contribution in [3.05, 3.63) is 65.4 Å². The van der Waals surface area contributed by atoms with E-state index < -0.39 is 5.91 Å². The number of thiocarbonyl (C=S) groups is 1. The smallest absolute Gasteiger partial charge is 0.293 e. The van der Waals surface area contributed by atoms with Crippen molar-refractivity contribution in [1.29, 1.82) is 0 Å². The van der Waals surface area contributed by atoms with Gasteiger partial charge in [0.2, 0.25) is 5.91 Å². The van der Waals surface area contributed by atoms with Crippen molar-refractivity contribution >= 4 is 73.1 Å². The zero-order valence-electron chi connectivity index (χ0n) is 16.1. The van der Waals surface area contributed by atoms with Crippen LogP contribution in [0, 0.1) is 0 Å². The van der Waals surface area contributed by atoms with Crippen molar-refractivity contribution in [1.82, 2.24) is 10.3 Å². The number of hydrogen-bond acceptors (Lipinski definition) is 6. The van der Waals surface area contributed by atoms with Crippen LogP contribution in [0.15, 0.2) is 59.0 Å². The van der Waals surface area contributed by atoms with E-state index in [1.54, 1.807) is 48.5 Å². The number of rotatable bonds is 4.